The molecule has 2 heterocycles. The lowest BCUT2D eigenvalue weighted by molar-refractivity contribution is 0.0696. The van der Waals surface area contributed by atoms with E-state index in [4.69, 9.17) is 0 Å². The molecule has 0 bridgehead atoms. The second kappa shape index (κ2) is 9.32. The van der Waals surface area contributed by atoms with E-state index < -0.39 is 5.97 Å². The Hall–Kier alpha value is -3.87. The molecule has 0 saturated carbocycles. The normalized spacial score (nSPS) is 15.9. The third kappa shape index (κ3) is 4.98. The van der Waals surface area contributed by atoms with Crippen LogP contribution in [-0.2, 0) is 0 Å². The molecule has 1 saturated heterocycles. The van der Waals surface area contributed by atoms with Gasteiger partial charge in [0.2, 0.25) is 0 Å². The van der Waals surface area contributed by atoms with Crippen LogP contribution in [0.4, 0.5) is 17.2 Å². The monoisotopic (exact) mass is 444 g/mol. The lowest BCUT2D eigenvalue weighted by Gasteiger charge is -2.42. The summed E-state index contributed by atoms with van der Waals surface area (Å²) in [4.78, 5) is 33.3. The van der Waals surface area contributed by atoms with Crippen LogP contribution in [0.5, 0.6) is 0 Å². The summed E-state index contributed by atoms with van der Waals surface area (Å²) in [6, 6.07) is 17.2. The molecule has 1 amide bonds. The Morgan fingerprint density at radius 3 is 2.45 bits per heavy atom. The first-order valence-corrected chi connectivity index (χ1v) is 11.0. The first-order valence-electron chi connectivity index (χ1n) is 11.0. The summed E-state index contributed by atoms with van der Waals surface area (Å²) in [6.07, 6.45) is 1.52. The Morgan fingerprint density at radius 1 is 1.03 bits per heavy atom. The number of pyridine rings is 1. The van der Waals surface area contributed by atoms with Gasteiger partial charge in [0, 0.05) is 36.9 Å². The topological polar surface area (TPSA) is 85.8 Å². The Bertz CT molecular complexity index is 1180. The zero-order valence-electron chi connectivity index (χ0n) is 19.1. The van der Waals surface area contributed by atoms with Crippen molar-refractivity contribution in [3.8, 4) is 0 Å². The van der Waals surface area contributed by atoms with Crippen LogP contribution in [0.1, 0.15) is 38.8 Å². The Morgan fingerprint density at radius 2 is 1.79 bits per heavy atom. The molecule has 1 fully saturated rings. The van der Waals surface area contributed by atoms with E-state index in [9.17, 15) is 14.7 Å². The van der Waals surface area contributed by atoms with Crippen molar-refractivity contribution < 1.29 is 14.7 Å². The molecule has 3 aromatic rings. The van der Waals surface area contributed by atoms with Crippen molar-refractivity contribution in [2.75, 3.05) is 34.8 Å². The Balaban J connectivity index is 1.52. The predicted octanol–water partition coefficient (Wildman–Crippen LogP) is 4.36. The van der Waals surface area contributed by atoms with E-state index >= 15 is 0 Å². The second-order valence-electron chi connectivity index (χ2n) is 8.55. The number of hydrogen-bond donors (Lipinski definition) is 2. The highest BCUT2D eigenvalue weighted by Gasteiger charge is 2.28. The zero-order chi connectivity index (χ0) is 23.5. The number of benzene rings is 2. The maximum Gasteiger partial charge on any atom is 0.339 e. The molecule has 2 aromatic carbocycles. The number of amides is 1. The van der Waals surface area contributed by atoms with Crippen molar-refractivity contribution in [3.05, 3.63) is 83.0 Å². The molecule has 0 radical (unpaired) electrons. The lowest BCUT2D eigenvalue weighted by atomic mass is 10.1. The summed E-state index contributed by atoms with van der Waals surface area (Å²) in [5.41, 5.74) is 4.37. The molecule has 1 unspecified atom stereocenters. The summed E-state index contributed by atoms with van der Waals surface area (Å²) in [5, 5.41) is 12.6. The zero-order valence-corrected chi connectivity index (χ0v) is 19.1. The molecule has 0 spiro atoms. The lowest BCUT2D eigenvalue weighted by Crippen LogP contribution is -2.52. The van der Waals surface area contributed by atoms with Crippen molar-refractivity contribution in [2.45, 2.75) is 26.8 Å². The van der Waals surface area contributed by atoms with Crippen LogP contribution < -0.4 is 15.1 Å². The SMILES string of the molecule is Cc1ccc(C(=O)Nc2cnc(N3CCN(c4cccc(C)c4)C(C)C3)c(C(=O)O)c2)cc1. The van der Waals surface area contributed by atoms with Crippen LogP contribution in [-0.4, -0.2) is 47.6 Å². The molecule has 0 aliphatic carbocycles. The quantitative estimate of drug-likeness (QED) is 0.608. The number of aromatic nitrogens is 1. The van der Waals surface area contributed by atoms with Crippen LogP contribution in [0.15, 0.2) is 60.8 Å². The molecule has 33 heavy (non-hydrogen) atoms. The molecular weight excluding hydrogens is 416 g/mol. The average molecular weight is 445 g/mol. The number of carbonyl (C=O) groups is 2. The molecule has 4 rings (SSSR count). The van der Waals surface area contributed by atoms with E-state index in [-0.39, 0.29) is 17.5 Å². The number of nitrogens with zero attached hydrogens (tertiary/aromatic N) is 3. The number of carboxylic acid groups (broad SMARTS) is 1. The Labute approximate surface area is 193 Å². The summed E-state index contributed by atoms with van der Waals surface area (Å²) >= 11 is 0. The number of piperazine rings is 1. The fourth-order valence-electron chi connectivity index (χ4n) is 4.18. The van der Waals surface area contributed by atoms with Crippen molar-refractivity contribution in [1.29, 1.82) is 0 Å². The molecule has 170 valence electrons. The molecule has 1 aliphatic heterocycles. The van der Waals surface area contributed by atoms with E-state index in [1.54, 1.807) is 12.1 Å². The van der Waals surface area contributed by atoms with Crippen LogP contribution in [0.25, 0.3) is 0 Å². The standard InChI is InChI=1S/C26H28N4O3/c1-17-7-9-20(10-8-17)25(31)28-21-14-23(26(32)33)24(27-15-21)29-11-12-30(19(3)16-29)22-6-4-5-18(2)13-22/h4-10,13-15,19H,11-12,16H2,1-3H3,(H,28,31)(H,32,33). The van der Waals surface area contributed by atoms with Gasteiger partial charge in [0.05, 0.1) is 11.9 Å². The van der Waals surface area contributed by atoms with E-state index in [2.05, 4.69) is 53.3 Å². The maximum absolute atomic E-state index is 12.5. The van der Waals surface area contributed by atoms with Gasteiger partial charge in [-0.1, -0.05) is 29.8 Å². The molecule has 1 aliphatic rings. The number of aryl methyl sites for hydroxylation is 2. The number of hydrogen-bond acceptors (Lipinski definition) is 5. The van der Waals surface area contributed by atoms with Gasteiger partial charge in [-0.25, -0.2) is 9.78 Å². The van der Waals surface area contributed by atoms with Crippen molar-refractivity contribution in [3.63, 3.8) is 0 Å². The smallest absolute Gasteiger partial charge is 0.339 e. The van der Waals surface area contributed by atoms with Gasteiger partial charge in [0.1, 0.15) is 11.4 Å². The molecule has 1 atom stereocenters. The first-order chi connectivity index (χ1) is 15.8. The average Bonchev–Trinajstić information content (AvgIpc) is 2.79. The van der Waals surface area contributed by atoms with Gasteiger partial charge in [-0.15, -0.1) is 0 Å². The van der Waals surface area contributed by atoms with Gasteiger partial charge in [-0.05, 0) is 56.7 Å². The van der Waals surface area contributed by atoms with Gasteiger partial charge in [0.15, 0.2) is 0 Å². The van der Waals surface area contributed by atoms with Crippen LogP contribution in [0, 0.1) is 13.8 Å². The number of anilines is 3. The fraction of sp³-hybridized carbons (Fsp3) is 0.269. The molecule has 7 nitrogen and oxygen atoms in total. The number of nitrogens with one attached hydrogen (secondary N) is 1. The van der Waals surface area contributed by atoms with Crippen molar-refractivity contribution >= 4 is 29.1 Å². The minimum atomic E-state index is -1.07. The minimum absolute atomic E-state index is 0.0768. The second-order valence-corrected chi connectivity index (χ2v) is 8.55. The predicted molar refractivity (Wildman–Crippen MR) is 131 cm³/mol. The summed E-state index contributed by atoms with van der Waals surface area (Å²) in [6.45, 7) is 8.22. The fourth-order valence-corrected chi connectivity index (χ4v) is 4.18. The van der Waals surface area contributed by atoms with Gasteiger partial charge in [-0.3, -0.25) is 4.79 Å². The number of aromatic carboxylic acids is 1. The van der Waals surface area contributed by atoms with E-state index in [0.717, 1.165) is 12.1 Å². The third-order valence-corrected chi connectivity index (χ3v) is 5.93. The van der Waals surface area contributed by atoms with Crippen molar-refractivity contribution in [2.24, 2.45) is 0 Å². The largest absolute Gasteiger partial charge is 0.478 e. The maximum atomic E-state index is 12.5. The van der Waals surface area contributed by atoms with Gasteiger partial charge < -0.3 is 20.2 Å². The third-order valence-electron chi connectivity index (χ3n) is 5.93. The van der Waals surface area contributed by atoms with Crippen LogP contribution in [0.2, 0.25) is 0 Å². The van der Waals surface area contributed by atoms with Gasteiger partial charge in [-0.2, -0.15) is 0 Å². The molecule has 1 aromatic heterocycles. The number of carboxylic acids is 1. The summed E-state index contributed by atoms with van der Waals surface area (Å²) in [7, 11) is 0. The van der Waals surface area contributed by atoms with Crippen molar-refractivity contribution in [1.82, 2.24) is 4.98 Å². The van der Waals surface area contributed by atoms with Gasteiger partial charge >= 0.3 is 5.97 Å². The highest BCUT2D eigenvalue weighted by Crippen LogP contribution is 2.27. The number of rotatable bonds is 5. The van der Waals surface area contributed by atoms with E-state index in [1.807, 2.05) is 24.0 Å². The highest BCUT2D eigenvalue weighted by atomic mass is 16.4. The summed E-state index contributed by atoms with van der Waals surface area (Å²) in [5.74, 6) is -0.953. The molecule has 7 heteroatoms. The van der Waals surface area contributed by atoms with E-state index in [1.165, 1.54) is 23.5 Å². The highest BCUT2D eigenvalue weighted by molar-refractivity contribution is 6.05. The number of carbonyl (C=O) groups excluding carboxylic acids is 1. The first kappa shape index (κ1) is 22.3. The summed E-state index contributed by atoms with van der Waals surface area (Å²) < 4.78 is 0. The van der Waals surface area contributed by atoms with Crippen LogP contribution in [0.3, 0.4) is 0 Å². The van der Waals surface area contributed by atoms with Gasteiger partial charge in [0.25, 0.3) is 5.91 Å². The molecule has 2 N–H and O–H groups in total. The minimum Gasteiger partial charge on any atom is -0.478 e. The Kier molecular flexibility index (Phi) is 6.31. The molecular formula is C26H28N4O3. The van der Waals surface area contributed by atoms with E-state index in [0.29, 0.717) is 30.2 Å². The van der Waals surface area contributed by atoms with Crippen LogP contribution >= 0.6 is 0 Å².